The number of benzene rings is 2. The van der Waals surface area contributed by atoms with Gasteiger partial charge in [0, 0.05) is 18.7 Å². The van der Waals surface area contributed by atoms with Crippen LogP contribution in [0.25, 0.3) is 6.08 Å². The minimum atomic E-state index is -1.02. The normalized spacial score (nSPS) is 11.5. The molecule has 0 saturated heterocycles. The summed E-state index contributed by atoms with van der Waals surface area (Å²) < 4.78 is 18.7. The molecule has 0 heterocycles. The molecule has 2 aromatic carbocycles. The minimum absolute atomic E-state index is 0.0587. The zero-order valence-electron chi connectivity index (χ0n) is 15.4. The molecule has 0 spiro atoms. The van der Waals surface area contributed by atoms with Crippen molar-refractivity contribution in [3.63, 3.8) is 0 Å². The van der Waals surface area contributed by atoms with E-state index in [2.05, 4.69) is 16.2 Å². The van der Waals surface area contributed by atoms with E-state index in [4.69, 9.17) is 4.74 Å². The number of hydrogen-bond acceptors (Lipinski definition) is 4. The van der Waals surface area contributed by atoms with Crippen LogP contribution in [0.1, 0.15) is 22.8 Å². The summed E-state index contributed by atoms with van der Waals surface area (Å²) in [6, 6.07) is 12.3. The lowest BCUT2D eigenvalue weighted by Crippen LogP contribution is -2.46. The maximum Gasteiger partial charge on any atom is 0.279 e. The Morgan fingerprint density at radius 1 is 1.04 bits per heavy atom. The predicted octanol–water partition coefficient (Wildman–Crippen LogP) is 1.81. The molecule has 1 atom stereocenters. The molecule has 1 unspecified atom stereocenters. The number of rotatable bonds is 6. The zero-order chi connectivity index (χ0) is 20.5. The SMILES string of the molecule is CNC(=O)c1ccc(/C=C/C(=O)NNC(=O)C(C)Oc2ccccc2F)cc1. The van der Waals surface area contributed by atoms with Gasteiger partial charge < -0.3 is 10.1 Å². The first kappa shape index (κ1) is 20.6. The second-order valence-corrected chi connectivity index (χ2v) is 5.70. The molecule has 28 heavy (non-hydrogen) atoms. The van der Waals surface area contributed by atoms with Crippen LogP contribution in [0.3, 0.4) is 0 Å². The number of carbonyl (C=O) groups is 3. The van der Waals surface area contributed by atoms with Crippen molar-refractivity contribution in [1.29, 1.82) is 0 Å². The zero-order valence-corrected chi connectivity index (χ0v) is 15.4. The Balaban J connectivity index is 1.82. The van der Waals surface area contributed by atoms with Crippen LogP contribution in [0, 0.1) is 5.82 Å². The Bertz CT molecular complexity index is 881. The van der Waals surface area contributed by atoms with Crippen LogP contribution in [-0.2, 0) is 9.59 Å². The summed E-state index contributed by atoms with van der Waals surface area (Å²) in [6.45, 7) is 1.43. The van der Waals surface area contributed by atoms with E-state index in [1.807, 2.05) is 0 Å². The molecule has 8 heteroatoms. The van der Waals surface area contributed by atoms with Gasteiger partial charge in [-0.1, -0.05) is 24.3 Å². The predicted molar refractivity (Wildman–Crippen MR) is 102 cm³/mol. The molecule has 3 N–H and O–H groups in total. The Morgan fingerprint density at radius 2 is 1.71 bits per heavy atom. The Morgan fingerprint density at radius 3 is 2.36 bits per heavy atom. The van der Waals surface area contributed by atoms with Crippen molar-refractivity contribution in [3.8, 4) is 5.75 Å². The van der Waals surface area contributed by atoms with Gasteiger partial charge in [-0.05, 0) is 42.8 Å². The highest BCUT2D eigenvalue weighted by Crippen LogP contribution is 2.16. The molecule has 0 aliphatic carbocycles. The van der Waals surface area contributed by atoms with Gasteiger partial charge in [-0.25, -0.2) is 4.39 Å². The number of carbonyl (C=O) groups excluding carboxylic acids is 3. The van der Waals surface area contributed by atoms with Gasteiger partial charge in [0.15, 0.2) is 17.7 Å². The van der Waals surface area contributed by atoms with Crippen LogP contribution in [-0.4, -0.2) is 30.9 Å². The van der Waals surface area contributed by atoms with E-state index in [1.54, 1.807) is 30.3 Å². The molecule has 2 rings (SSSR count). The summed E-state index contributed by atoms with van der Waals surface area (Å²) in [7, 11) is 1.54. The molecule has 3 amide bonds. The molecular formula is C20H20FN3O4. The fraction of sp³-hybridized carbons (Fsp3) is 0.150. The van der Waals surface area contributed by atoms with Crippen molar-refractivity contribution < 1.29 is 23.5 Å². The quantitative estimate of drug-likeness (QED) is 0.522. The number of halogens is 1. The number of hydrogen-bond donors (Lipinski definition) is 3. The number of ether oxygens (including phenoxy) is 1. The van der Waals surface area contributed by atoms with E-state index in [1.165, 1.54) is 44.3 Å². The van der Waals surface area contributed by atoms with E-state index in [-0.39, 0.29) is 11.7 Å². The molecule has 0 saturated carbocycles. The van der Waals surface area contributed by atoms with E-state index >= 15 is 0 Å². The third-order valence-electron chi connectivity index (χ3n) is 3.65. The molecule has 7 nitrogen and oxygen atoms in total. The first-order valence-corrected chi connectivity index (χ1v) is 8.42. The number of nitrogens with one attached hydrogen (secondary N) is 3. The number of hydrazine groups is 1. The standard InChI is InChI=1S/C20H20FN3O4/c1-13(28-17-6-4-3-5-16(17)21)19(26)24-23-18(25)12-9-14-7-10-15(11-8-14)20(27)22-2/h3-13H,1-2H3,(H,22,27)(H,23,25)(H,24,26)/b12-9+. The van der Waals surface area contributed by atoms with Crippen LogP contribution in [0.15, 0.2) is 54.6 Å². The van der Waals surface area contributed by atoms with Gasteiger partial charge in [-0.3, -0.25) is 25.2 Å². The number of amides is 3. The van der Waals surface area contributed by atoms with Crippen LogP contribution >= 0.6 is 0 Å². The summed E-state index contributed by atoms with van der Waals surface area (Å²) >= 11 is 0. The lowest BCUT2D eigenvalue weighted by molar-refractivity contribution is -0.131. The highest BCUT2D eigenvalue weighted by atomic mass is 19.1. The maximum atomic E-state index is 13.5. The first-order chi connectivity index (χ1) is 13.4. The third kappa shape index (κ3) is 5.94. The summed E-state index contributed by atoms with van der Waals surface area (Å²) in [5, 5.41) is 2.51. The van der Waals surface area contributed by atoms with Gasteiger partial charge in [0.25, 0.3) is 17.7 Å². The van der Waals surface area contributed by atoms with Crippen molar-refractivity contribution in [2.75, 3.05) is 7.05 Å². The average molecular weight is 385 g/mol. The highest BCUT2D eigenvalue weighted by molar-refractivity contribution is 5.95. The van der Waals surface area contributed by atoms with Crippen LogP contribution < -0.4 is 20.9 Å². The second kappa shape index (κ2) is 9.86. The van der Waals surface area contributed by atoms with Crippen molar-refractivity contribution >= 4 is 23.8 Å². The van der Waals surface area contributed by atoms with Crippen molar-refractivity contribution in [1.82, 2.24) is 16.2 Å². The van der Waals surface area contributed by atoms with Gasteiger partial charge in [-0.2, -0.15) is 0 Å². The van der Waals surface area contributed by atoms with E-state index in [9.17, 15) is 18.8 Å². The van der Waals surface area contributed by atoms with E-state index < -0.39 is 23.7 Å². The summed E-state index contributed by atoms with van der Waals surface area (Å²) in [6.07, 6.45) is 1.73. The van der Waals surface area contributed by atoms with Gasteiger partial charge in [0.1, 0.15) is 0 Å². The van der Waals surface area contributed by atoms with Crippen molar-refractivity contribution in [2.45, 2.75) is 13.0 Å². The van der Waals surface area contributed by atoms with Crippen LogP contribution in [0.5, 0.6) is 5.75 Å². The summed E-state index contributed by atoms with van der Waals surface area (Å²) in [5.74, 6) is -2.06. The fourth-order valence-electron chi connectivity index (χ4n) is 2.11. The number of para-hydroxylation sites is 1. The Hall–Kier alpha value is -3.68. The summed E-state index contributed by atoms with van der Waals surface area (Å²) in [4.78, 5) is 35.2. The second-order valence-electron chi connectivity index (χ2n) is 5.70. The fourth-order valence-corrected chi connectivity index (χ4v) is 2.11. The molecule has 0 radical (unpaired) electrons. The molecule has 0 fully saturated rings. The first-order valence-electron chi connectivity index (χ1n) is 8.42. The van der Waals surface area contributed by atoms with Crippen LogP contribution in [0.4, 0.5) is 4.39 Å². The molecule has 0 bridgehead atoms. The smallest absolute Gasteiger partial charge is 0.279 e. The lowest BCUT2D eigenvalue weighted by Gasteiger charge is -2.15. The van der Waals surface area contributed by atoms with Gasteiger partial charge in [0.2, 0.25) is 0 Å². The van der Waals surface area contributed by atoms with Gasteiger partial charge in [-0.15, -0.1) is 0 Å². The third-order valence-corrected chi connectivity index (χ3v) is 3.65. The van der Waals surface area contributed by atoms with Crippen molar-refractivity contribution in [3.05, 3.63) is 71.6 Å². The summed E-state index contributed by atoms with van der Waals surface area (Å²) in [5.41, 5.74) is 5.61. The monoisotopic (exact) mass is 385 g/mol. The largest absolute Gasteiger partial charge is 0.478 e. The Kier molecular flexibility index (Phi) is 7.27. The van der Waals surface area contributed by atoms with Gasteiger partial charge in [0.05, 0.1) is 0 Å². The molecule has 146 valence electrons. The average Bonchev–Trinajstić information content (AvgIpc) is 2.71. The Labute approximate surface area is 161 Å². The van der Waals surface area contributed by atoms with Gasteiger partial charge >= 0.3 is 0 Å². The van der Waals surface area contributed by atoms with Crippen LogP contribution in [0.2, 0.25) is 0 Å². The minimum Gasteiger partial charge on any atom is -0.478 e. The molecular weight excluding hydrogens is 365 g/mol. The lowest BCUT2D eigenvalue weighted by atomic mass is 10.1. The van der Waals surface area contributed by atoms with E-state index in [0.717, 1.165) is 0 Å². The molecule has 2 aromatic rings. The topological polar surface area (TPSA) is 96.5 Å². The molecule has 0 aromatic heterocycles. The van der Waals surface area contributed by atoms with E-state index in [0.29, 0.717) is 11.1 Å². The highest BCUT2D eigenvalue weighted by Gasteiger charge is 2.16. The maximum absolute atomic E-state index is 13.5. The molecule has 0 aliphatic rings. The molecule has 0 aliphatic heterocycles. The van der Waals surface area contributed by atoms with Crippen molar-refractivity contribution in [2.24, 2.45) is 0 Å².